The number of hydrogen-bond acceptors (Lipinski definition) is 9. The molecule has 5 rings (SSSR count). The van der Waals surface area contributed by atoms with Gasteiger partial charge in [-0.05, 0) is 69.3 Å². The zero-order chi connectivity index (χ0) is 27.6. The molecular formula is C29H33N9O. The third kappa shape index (κ3) is 5.70. The number of hydrogen-bond donors (Lipinski definition) is 3. The average Bonchev–Trinajstić information content (AvgIpc) is 3.45. The molecule has 2 aromatic carbocycles. The Hall–Kier alpha value is -4.46. The highest BCUT2D eigenvalue weighted by atomic mass is 16.1. The zero-order valence-corrected chi connectivity index (χ0v) is 22.7. The van der Waals surface area contributed by atoms with Gasteiger partial charge in [0.2, 0.25) is 0 Å². The summed E-state index contributed by atoms with van der Waals surface area (Å²) >= 11 is 0. The first kappa shape index (κ1) is 26.2. The minimum atomic E-state index is -0.725. The fraction of sp³-hybridized carbons (Fsp3) is 0.310. The van der Waals surface area contributed by atoms with Crippen LogP contribution in [0.1, 0.15) is 40.9 Å². The summed E-state index contributed by atoms with van der Waals surface area (Å²) in [5.74, 6) is -0.221. The van der Waals surface area contributed by atoms with Crippen molar-refractivity contribution in [2.24, 2.45) is 0 Å². The lowest BCUT2D eigenvalue weighted by Gasteiger charge is -2.35. The van der Waals surface area contributed by atoms with Gasteiger partial charge >= 0.3 is 0 Å². The third-order valence-corrected chi connectivity index (χ3v) is 7.22. The van der Waals surface area contributed by atoms with Crippen molar-refractivity contribution in [3.05, 3.63) is 83.6 Å². The van der Waals surface area contributed by atoms with E-state index in [-0.39, 0.29) is 5.91 Å². The van der Waals surface area contributed by atoms with E-state index in [2.05, 4.69) is 49.2 Å². The molecule has 1 aromatic heterocycles. The molecule has 0 saturated carbocycles. The van der Waals surface area contributed by atoms with Crippen LogP contribution in [0.3, 0.4) is 0 Å². The molecule has 0 aliphatic carbocycles. The molecule has 3 aromatic rings. The van der Waals surface area contributed by atoms with Crippen molar-refractivity contribution in [3.63, 3.8) is 0 Å². The number of nitrogens with one attached hydrogen (secondary N) is 3. The van der Waals surface area contributed by atoms with Crippen LogP contribution in [0.2, 0.25) is 0 Å². The predicted octanol–water partition coefficient (Wildman–Crippen LogP) is 3.42. The Bertz CT molecular complexity index is 1440. The second-order valence-electron chi connectivity index (χ2n) is 10.5. The fourth-order valence-electron chi connectivity index (χ4n) is 4.59. The average molecular weight is 524 g/mol. The highest BCUT2D eigenvalue weighted by molar-refractivity contribution is 6.05. The Labute approximate surface area is 228 Å². The second-order valence-corrected chi connectivity index (χ2v) is 10.5. The van der Waals surface area contributed by atoms with E-state index >= 15 is 0 Å². The van der Waals surface area contributed by atoms with Crippen molar-refractivity contribution < 1.29 is 4.79 Å². The molecule has 1 fully saturated rings. The van der Waals surface area contributed by atoms with Gasteiger partial charge in [0.1, 0.15) is 6.33 Å². The van der Waals surface area contributed by atoms with Crippen LogP contribution in [0.5, 0.6) is 0 Å². The molecule has 1 saturated heterocycles. The van der Waals surface area contributed by atoms with Crippen LogP contribution in [-0.4, -0.2) is 54.0 Å². The molecule has 0 atom stereocenters. The minimum absolute atomic E-state index is 0.221. The third-order valence-electron chi connectivity index (χ3n) is 7.22. The highest BCUT2D eigenvalue weighted by Crippen LogP contribution is 2.31. The molecule has 10 nitrogen and oxygen atoms in total. The van der Waals surface area contributed by atoms with E-state index in [4.69, 9.17) is 0 Å². The topological polar surface area (TPSA) is 112 Å². The summed E-state index contributed by atoms with van der Waals surface area (Å²) in [7, 11) is 2.11. The first-order valence-electron chi connectivity index (χ1n) is 12.9. The van der Waals surface area contributed by atoms with Gasteiger partial charge in [0.05, 0.1) is 22.9 Å². The van der Waals surface area contributed by atoms with Crippen LogP contribution in [0.25, 0.3) is 5.70 Å². The molecule has 10 heteroatoms. The van der Waals surface area contributed by atoms with Gasteiger partial charge in [-0.3, -0.25) is 9.80 Å². The summed E-state index contributed by atoms with van der Waals surface area (Å²) in [4.78, 5) is 26.3. The summed E-state index contributed by atoms with van der Waals surface area (Å²) in [5.41, 5.74) is 12.1. The maximum Gasteiger partial charge on any atom is 0.255 e. The van der Waals surface area contributed by atoms with Gasteiger partial charge in [-0.15, -0.1) is 5.53 Å². The van der Waals surface area contributed by atoms with Crippen molar-refractivity contribution in [2.45, 2.75) is 26.2 Å². The van der Waals surface area contributed by atoms with Gasteiger partial charge in [-0.2, -0.15) is 5.26 Å². The smallest absolute Gasteiger partial charge is 0.255 e. The molecule has 0 bridgehead atoms. The van der Waals surface area contributed by atoms with Crippen molar-refractivity contribution in [2.75, 3.05) is 48.5 Å². The number of anilines is 3. The van der Waals surface area contributed by atoms with E-state index in [1.165, 1.54) is 6.33 Å². The van der Waals surface area contributed by atoms with Gasteiger partial charge < -0.3 is 20.5 Å². The van der Waals surface area contributed by atoms with Crippen LogP contribution in [-0.2, 0) is 5.41 Å². The van der Waals surface area contributed by atoms with Crippen molar-refractivity contribution in [3.8, 4) is 6.07 Å². The molecular weight excluding hydrogens is 490 g/mol. The summed E-state index contributed by atoms with van der Waals surface area (Å²) in [5, 5.41) is 14.7. The number of piperazine rings is 1. The summed E-state index contributed by atoms with van der Waals surface area (Å²) < 4.78 is 0. The number of aryl methyl sites for hydroxylation is 1. The first-order chi connectivity index (χ1) is 18.7. The maximum absolute atomic E-state index is 13.5. The second kappa shape index (κ2) is 10.7. The number of likely N-dealkylation sites (N-methyl/N-ethyl adjacent to an activating group) is 1. The van der Waals surface area contributed by atoms with Crippen LogP contribution in [0, 0.1) is 18.3 Å². The molecule has 200 valence electrons. The van der Waals surface area contributed by atoms with Gasteiger partial charge in [0.25, 0.3) is 5.91 Å². The molecule has 2 aliphatic rings. The van der Waals surface area contributed by atoms with Crippen molar-refractivity contribution in [1.29, 1.82) is 5.26 Å². The lowest BCUT2D eigenvalue weighted by molar-refractivity contribution is 0.102. The first-order valence-corrected chi connectivity index (χ1v) is 12.9. The minimum Gasteiger partial charge on any atom is -0.369 e. The summed E-state index contributed by atoms with van der Waals surface area (Å²) in [6.45, 7) is 9.41. The predicted molar refractivity (Wildman–Crippen MR) is 153 cm³/mol. The van der Waals surface area contributed by atoms with Crippen molar-refractivity contribution >= 4 is 28.7 Å². The number of aromatic nitrogens is 2. The van der Waals surface area contributed by atoms with Crippen LogP contribution >= 0.6 is 0 Å². The van der Waals surface area contributed by atoms with Gasteiger partial charge in [-0.25, -0.2) is 9.97 Å². The lowest BCUT2D eigenvalue weighted by atomic mass is 9.85. The quantitative estimate of drug-likeness (QED) is 0.447. The monoisotopic (exact) mass is 523 g/mol. The van der Waals surface area contributed by atoms with Crippen LogP contribution in [0.4, 0.5) is 17.1 Å². The summed E-state index contributed by atoms with van der Waals surface area (Å²) in [6, 6.07) is 14.0. The fourth-order valence-corrected chi connectivity index (χ4v) is 4.59. The number of carbonyl (C=O) groups is 1. The molecule has 2 aliphatic heterocycles. The number of nitriles is 1. The number of hydrazine groups is 2. The number of rotatable bonds is 6. The molecule has 39 heavy (non-hydrogen) atoms. The van der Waals surface area contributed by atoms with E-state index < -0.39 is 5.41 Å². The standard InChI is InChI=1S/C29H33N9O/c1-20-5-6-24(14-27(20)38-17-26(34-35-38)22-15-31-19-32-16-22)33-28(39)21-11-23(29(2,3)18-30)13-25(12-21)37-9-7-36(4)8-10-37/h5-6,11-17,19,34-35H,7-10H2,1-4H3,(H,33,39). The van der Waals surface area contributed by atoms with Gasteiger partial charge in [-0.1, -0.05) is 6.07 Å². The summed E-state index contributed by atoms with van der Waals surface area (Å²) in [6.07, 6.45) is 6.88. The van der Waals surface area contributed by atoms with E-state index in [0.717, 1.165) is 59.9 Å². The van der Waals surface area contributed by atoms with Crippen molar-refractivity contribution in [1.82, 2.24) is 25.8 Å². The van der Waals surface area contributed by atoms with Gasteiger partial charge in [0, 0.05) is 67.3 Å². The Kier molecular flexibility index (Phi) is 7.19. The Balaban J connectivity index is 1.40. The molecule has 1 amide bonds. The normalized spacial score (nSPS) is 15.9. The van der Waals surface area contributed by atoms with Crippen LogP contribution in [0.15, 0.2) is 61.3 Å². The molecule has 0 radical (unpaired) electrons. The lowest BCUT2D eigenvalue weighted by Crippen LogP contribution is -2.44. The number of amides is 1. The molecule has 3 N–H and O–H groups in total. The largest absolute Gasteiger partial charge is 0.369 e. The Morgan fingerprint density at radius 1 is 1.08 bits per heavy atom. The molecule has 3 heterocycles. The number of benzene rings is 2. The number of nitrogens with zero attached hydrogens (tertiary/aromatic N) is 6. The maximum atomic E-state index is 13.5. The SMILES string of the molecule is Cc1ccc(NC(=O)c2cc(N3CCN(C)CC3)cc(C(C)(C)C#N)c2)cc1N1C=C(c2cncnc2)NN1. The highest BCUT2D eigenvalue weighted by Gasteiger charge is 2.25. The Morgan fingerprint density at radius 2 is 1.82 bits per heavy atom. The van der Waals surface area contributed by atoms with Gasteiger partial charge in [0.15, 0.2) is 0 Å². The zero-order valence-electron chi connectivity index (χ0n) is 22.7. The Morgan fingerprint density at radius 3 is 2.54 bits per heavy atom. The van der Waals surface area contributed by atoms with E-state index in [1.807, 2.05) is 68.4 Å². The van der Waals surface area contributed by atoms with Crippen LogP contribution < -0.4 is 26.2 Å². The van der Waals surface area contributed by atoms with E-state index in [9.17, 15) is 10.1 Å². The molecule has 0 unspecified atom stereocenters. The van der Waals surface area contributed by atoms with E-state index in [0.29, 0.717) is 11.3 Å². The number of carbonyl (C=O) groups excluding carboxylic acids is 1. The molecule has 0 spiro atoms. The van der Waals surface area contributed by atoms with E-state index in [1.54, 1.807) is 12.4 Å².